The van der Waals surface area contributed by atoms with Crippen molar-refractivity contribution in [3.8, 4) is 5.75 Å². The number of nitrogens with one attached hydrogen (secondary N) is 2. The Morgan fingerprint density at radius 3 is 2.81 bits per heavy atom. The van der Waals surface area contributed by atoms with Gasteiger partial charge < -0.3 is 15.4 Å². The molecule has 6 nitrogen and oxygen atoms in total. The van der Waals surface area contributed by atoms with Gasteiger partial charge in [-0.1, -0.05) is 19.1 Å². The minimum absolute atomic E-state index is 0.464. The van der Waals surface area contributed by atoms with E-state index in [1.165, 1.54) is 5.56 Å². The number of rotatable bonds is 8. The summed E-state index contributed by atoms with van der Waals surface area (Å²) < 4.78 is 7.26. The Kier molecular flexibility index (Phi) is 6.70. The fourth-order valence-electron chi connectivity index (χ4n) is 2.86. The first-order valence-electron chi connectivity index (χ1n) is 9.26. The Bertz CT molecular complexity index is 840. The first-order valence-corrected chi connectivity index (χ1v) is 10.1. The van der Waals surface area contributed by atoms with Crippen molar-refractivity contribution in [3.63, 3.8) is 0 Å². The van der Waals surface area contributed by atoms with Crippen molar-refractivity contribution in [2.24, 2.45) is 4.99 Å². The Balaban J connectivity index is 1.51. The van der Waals surface area contributed by atoms with E-state index in [1.54, 1.807) is 18.4 Å². The van der Waals surface area contributed by atoms with Crippen molar-refractivity contribution in [1.29, 1.82) is 0 Å². The Morgan fingerprint density at radius 1 is 1.30 bits per heavy atom. The smallest absolute Gasteiger partial charge is 0.193 e. The van der Waals surface area contributed by atoms with Crippen LogP contribution in [0.25, 0.3) is 4.96 Å². The normalized spacial score (nSPS) is 12.9. The number of ether oxygens (including phenoxy) is 1. The summed E-state index contributed by atoms with van der Waals surface area (Å²) in [4.78, 5) is 10.2. The number of fused-ring (bicyclic) bond motifs is 1. The fourth-order valence-corrected chi connectivity index (χ4v) is 3.58. The highest BCUT2D eigenvalue weighted by atomic mass is 32.1. The maximum Gasteiger partial charge on any atom is 0.193 e. The van der Waals surface area contributed by atoms with Crippen molar-refractivity contribution in [3.05, 3.63) is 53.3 Å². The number of guanidine groups is 1. The monoisotopic (exact) mass is 385 g/mol. The molecule has 3 rings (SSSR count). The van der Waals surface area contributed by atoms with Gasteiger partial charge >= 0.3 is 0 Å². The van der Waals surface area contributed by atoms with E-state index in [2.05, 4.69) is 46.6 Å². The molecule has 3 aromatic rings. The quantitative estimate of drug-likeness (QED) is 0.459. The number of aromatic nitrogens is 2. The lowest BCUT2D eigenvalue weighted by molar-refractivity contribution is 0.414. The SMILES string of the molecule is CCNC(=NCc1cn2ccsc2n1)NCCC(C)c1ccc(OC)cc1. The van der Waals surface area contributed by atoms with E-state index in [-0.39, 0.29) is 0 Å². The standard InChI is InChI=1S/C20H27N5OS/c1-4-21-19(23-13-17-14-25-11-12-27-20(25)24-17)22-10-9-15(2)16-5-7-18(26-3)8-6-16/h5-8,11-12,14-15H,4,9-10,13H2,1-3H3,(H2,21,22,23). The van der Waals surface area contributed by atoms with E-state index < -0.39 is 0 Å². The van der Waals surface area contributed by atoms with E-state index in [4.69, 9.17) is 4.74 Å². The third-order valence-electron chi connectivity index (χ3n) is 4.44. The summed E-state index contributed by atoms with van der Waals surface area (Å²) in [7, 11) is 1.69. The second-order valence-electron chi connectivity index (χ2n) is 6.41. The van der Waals surface area contributed by atoms with Crippen LogP contribution >= 0.6 is 11.3 Å². The average Bonchev–Trinajstić information content (AvgIpc) is 3.28. The zero-order valence-electron chi connectivity index (χ0n) is 16.1. The van der Waals surface area contributed by atoms with Gasteiger partial charge in [-0.3, -0.25) is 4.40 Å². The summed E-state index contributed by atoms with van der Waals surface area (Å²) in [5.74, 6) is 2.19. The highest BCUT2D eigenvalue weighted by molar-refractivity contribution is 7.15. The van der Waals surface area contributed by atoms with Crippen LogP contribution in [0.15, 0.2) is 47.0 Å². The Morgan fingerprint density at radius 2 is 2.11 bits per heavy atom. The fraction of sp³-hybridized carbons (Fsp3) is 0.400. The number of imidazole rings is 1. The summed E-state index contributed by atoms with van der Waals surface area (Å²) in [5, 5.41) is 8.76. The molecule has 0 radical (unpaired) electrons. The number of nitrogens with zero attached hydrogens (tertiary/aromatic N) is 3. The van der Waals surface area contributed by atoms with Crippen LogP contribution in [0.3, 0.4) is 0 Å². The number of hydrogen-bond acceptors (Lipinski definition) is 4. The predicted octanol–water partition coefficient (Wildman–Crippen LogP) is 3.65. The second-order valence-corrected chi connectivity index (χ2v) is 7.28. The van der Waals surface area contributed by atoms with Gasteiger partial charge in [0, 0.05) is 30.9 Å². The minimum atomic E-state index is 0.464. The van der Waals surface area contributed by atoms with Gasteiger partial charge in [-0.25, -0.2) is 9.98 Å². The number of hydrogen-bond donors (Lipinski definition) is 2. The third kappa shape index (κ3) is 5.23. The first-order chi connectivity index (χ1) is 13.2. The van der Waals surface area contributed by atoms with Crippen LogP contribution in [0.1, 0.15) is 37.4 Å². The molecule has 2 N–H and O–H groups in total. The third-order valence-corrected chi connectivity index (χ3v) is 5.21. The molecule has 144 valence electrons. The van der Waals surface area contributed by atoms with Gasteiger partial charge in [-0.05, 0) is 37.0 Å². The van der Waals surface area contributed by atoms with Crippen LogP contribution in [-0.2, 0) is 6.54 Å². The van der Waals surface area contributed by atoms with E-state index in [1.807, 2.05) is 34.3 Å². The zero-order chi connectivity index (χ0) is 19.1. The molecule has 2 aromatic heterocycles. The molecule has 7 heteroatoms. The summed E-state index contributed by atoms with van der Waals surface area (Å²) in [6, 6.07) is 8.29. The molecule has 2 heterocycles. The minimum Gasteiger partial charge on any atom is -0.497 e. The molecule has 0 spiro atoms. The highest BCUT2D eigenvalue weighted by Gasteiger charge is 2.07. The summed E-state index contributed by atoms with van der Waals surface area (Å²) in [5.41, 5.74) is 2.29. The predicted molar refractivity (Wildman–Crippen MR) is 112 cm³/mol. The summed E-state index contributed by atoms with van der Waals surface area (Å²) >= 11 is 1.63. The molecule has 0 fully saturated rings. The maximum absolute atomic E-state index is 5.22. The molecule has 0 amide bonds. The largest absolute Gasteiger partial charge is 0.497 e. The lowest BCUT2D eigenvalue weighted by Crippen LogP contribution is -2.38. The Hall–Kier alpha value is -2.54. The van der Waals surface area contributed by atoms with Crippen LogP contribution in [0.2, 0.25) is 0 Å². The molecular formula is C20H27N5OS. The molecule has 0 aliphatic heterocycles. The van der Waals surface area contributed by atoms with Gasteiger partial charge in [-0.2, -0.15) is 0 Å². The molecule has 0 bridgehead atoms. The van der Waals surface area contributed by atoms with Gasteiger partial charge in [-0.15, -0.1) is 11.3 Å². The lowest BCUT2D eigenvalue weighted by atomic mass is 9.98. The summed E-state index contributed by atoms with van der Waals surface area (Å²) in [6.07, 6.45) is 5.08. The van der Waals surface area contributed by atoms with Crippen LogP contribution in [0.5, 0.6) is 5.75 Å². The maximum atomic E-state index is 5.22. The van der Waals surface area contributed by atoms with Gasteiger partial charge in [0.1, 0.15) is 5.75 Å². The number of benzene rings is 1. The molecule has 1 atom stereocenters. The van der Waals surface area contributed by atoms with Gasteiger partial charge in [0.15, 0.2) is 10.9 Å². The van der Waals surface area contributed by atoms with Crippen molar-refractivity contribution >= 4 is 22.3 Å². The molecule has 0 aliphatic carbocycles. The first kappa shape index (κ1) is 19.2. The zero-order valence-corrected chi connectivity index (χ0v) is 16.9. The highest BCUT2D eigenvalue weighted by Crippen LogP contribution is 2.21. The van der Waals surface area contributed by atoms with Crippen LogP contribution in [0.4, 0.5) is 0 Å². The van der Waals surface area contributed by atoms with Crippen molar-refractivity contribution in [2.45, 2.75) is 32.7 Å². The molecular weight excluding hydrogens is 358 g/mol. The van der Waals surface area contributed by atoms with Gasteiger partial charge in [0.2, 0.25) is 0 Å². The number of aliphatic imine (C=N–C) groups is 1. The molecule has 27 heavy (non-hydrogen) atoms. The molecule has 1 unspecified atom stereocenters. The molecule has 0 saturated carbocycles. The van der Waals surface area contributed by atoms with E-state index in [9.17, 15) is 0 Å². The summed E-state index contributed by atoms with van der Waals surface area (Å²) in [6.45, 7) is 6.57. The number of thiazole rings is 1. The number of methoxy groups -OCH3 is 1. The van der Waals surface area contributed by atoms with Crippen molar-refractivity contribution in [1.82, 2.24) is 20.0 Å². The molecule has 0 saturated heterocycles. The van der Waals surface area contributed by atoms with Crippen LogP contribution in [-0.4, -0.2) is 35.5 Å². The van der Waals surface area contributed by atoms with E-state index >= 15 is 0 Å². The van der Waals surface area contributed by atoms with Crippen LogP contribution in [0, 0.1) is 0 Å². The molecule has 1 aromatic carbocycles. The van der Waals surface area contributed by atoms with E-state index in [0.717, 1.165) is 41.9 Å². The average molecular weight is 386 g/mol. The topological polar surface area (TPSA) is 63.0 Å². The van der Waals surface area contributed by atoms with Gasteiger partial charge in [0.05, 0.1) is 19.3 Å². The second kappa shape index (κ2) is 9.41. The van der Waals surface area contributed by atoms with Crippen LogP contribution < -0.4 is 15.4 Å². The van der Waals surface area contributed by atoms with E-state index in [0.29, 0.717) is 12.5 Å². The van der Waals surface area contributed by atoms with Crippen molar-refractivity contribution < 1.29 is 4.74 Å². The Labute approximate surface area is 164 Å². The van der Waals surface area contributed by atoms with Gasteiger partial charge in [0.25, 0.3) is 0 Å². The lowest BCUT2D eigenvalue weighted by Gasteiger charge is -2.15. The van der Waals surface area contributed by atoms with Crippen molar-refractivity contribution in [2.75, 3.05) is 20.2 Å². The molecule has 0 aliphatic rings.